The third-order valence-electron chi connectivity index (χ3n) is 8.52. The lowest BCUT2D eigenvalue weighted by atomic mass is 9.99. The maximum atomic E-state index is 14.4. The summed E-state index contributed by atoms with van der Waals surface area (Å²) in [6.45, 7) is 3.81. The highest BCUT2D eigenvalue weighted by molar-refractivity contribution is 7.92. The predicted molar refractivity (Wildman–Crippen MR) is 199 cm³/mol. The summed E-state index contributed by atoms with van der Waals surface area (Å²) in [6.07, 6.45) is 1.89. The molecule has 9 nitrogen and oxygen atoms in total. The Balaban J connectivity index is 1.33. The average Bonchev–Trinajstić information content (AvgIpc) is 3.90. The molecule has 3 aromatic carbocycles. The lowest BCUT2D eigenvalue weighted by Crippen LogP contribution is -2.56. The zero-order valence-corrected chi connectivity index (χ0v) is 30.1. The first-order chi connectivity index (χ1) is 24.0. The Morgan fingerprint density at radius 1 is 0.840 bits per heavy atom. The van der Waals surface area contributed by atoms with Crippen LogP contribution in [0, 0.1) is 13.8 Å². The first kappa shape index (κ1) is 34.8. The molecule has 6 aromatic rings. The van der Waals surface area contributed by atoms with Crippen molar-refractivity contribution in [1.29, 1.82) is 0 Å². The normalized spacial score (nSPS) is 12.7. The molecule has 2 unspecified atom stereocenters. The van der Waals surface area contributed by atoms with Crippen LogP contribution >= 0.6 is 22.7 Å². The second-order valence-corrected chi connectivity index (χ2v) is 15.9. The number of benzene rings is 3. The van der Waals surface area contributed by atoms with Crippen molar-refractivity contribution in [1.82, 2.24) is 19.9 Å². The third kappa shape index (κ3) is 7.88. The number of aryl methyl sites for hydroxylation is 2. The molecule has 0 aliphatic rings. The highest BCUT2D eigenvalue weighted by atomic mass is 32.2. The number of amides is 3. The van der Waals surface area contributed by atoms with Gasteiger partial charge in [0.25, 0.3) is 21.8 Å². The highest BCUT2D eigenvalue weighted by Crippen LogP contribution is 2.24. The first-order valence-corrected chi connectivity index (χ1v) is 19.2. The molecular weight excluding hydrogens is 689 g/mol. The van der Waals surface area contributed by atoms with Crippen molar-refractivity contribution in [3.05, 3.63) is 135 Å². The van der Waals surface area contributed by atoms with E-state index >= 15 is 0 Å². The molecule has 0 saturated carbocycles. The fraction of sp³-hybridized carbons (Fsp3) is 0.184. The minimum atomic E-state index is -4.19. The Labute approximate surface area is 299 Å². The van der Waals surface area contributed by atoms with Crippen molar-refractivity contribution < 1.29 is 22.8 Å². The van der Waals surface area contributed by atoms with E-state index in [1.807, 2.05) is 79.9 Å². The molecule has 12 heteroatoms. The summed E-state index contributed by atoms with van der Waals surface area (Å²) < 4.78 is 28.4. The van der Waals surface area contributed by atoms with Crippen LogP contribution in [0.1, 0.15) is 32.6 Å². The fourth-order valence-corrected chi connectivity index (χ4v) is 8.68. The summed E-state index contributed by atoms with van der Waals surface area (Å²) in [5.74, 6) is -1.84. The Bertz CT molecular complexity index is 2220. The number of aromatic nitrogens is 1. The number of carbonyl (C=O) groups is 3. The number of aromatic amines is 1. The maximum absolute atomic E-state index is 14.4. The molecule has 2 atom stereocenters. The number of carbonyl (C=O) groups excluding carboxylic acids is 3. The molecule has 0 fully saturated rings. The van der Waals surface area contributed by atoms with Gasteiger partial charge >= 0.3 is 0 Å². The molecule has 0 radical (unpaired) electrons. The van der Waals surface area contributed by atoms with Gasteiger partial charge in [0, 0.05) is 42.6 Å². The molecule has 6 rings (SSSR count). The SMILES string of the molecule is Cc1cc(C)cc(C(=O)N(C)C(Cc2ccc(-c3ccsc3)cc2)C(=O)NC(Cc2c[nH]c3ccccc23)C(=O)NS(=O)(=O)c2cccs2)c1. The molecule has 0 saturated heterocycles. The van der Waals surface area contributed by atoms with Gasteiger partial charge < -0.3 is 15.2 Å². The van der Waals surface area contributed by atoms with Crippen molar-refractivity contribution in [3.63, 3.8) is 0 Å². The van der Waals surface area contributed by atoms with Crippen molar-refractivity contribution in [2.45, 2.75) is 43.0 Å². The number of H-pyrrole nitrogens is 1. The predicted octanol–water partition coefficient (Wildman–Crippen LogP) is 6.49. The summed E-state index contributed by atoms with van der Waals surface area (Å²) in [7, 11) is -2.62. The van der Waals surface area contributed by atoms with Crippen LogP contribution < -0.4 is 10.0 Å². The van der Waals surface area contributed by atoms with Gasteiger partial charge in [-0.05, 0) is 82.6 Å². The van der Waals surface area contributed by atoms with Crippen LogP contribution in [0.2, 0.25) is 0 Å². The van der Waals surface area contributed by atoms with Gasteiger partial charge in [0.2, 0.25) is 5.91 Å². The molecule has 0 aliphatic carbocycles. The van der Waals surface area contributed by atoms with Crippen LogP contribution in [0.4, 0.5) is 0 Å². The maximum Gasteiger partial charge on any atom is 0.273 e. The zero-order chi connectivity index (χ0) is 35.4. The van der Waals surface area contributed by atoms with E-state index in [1.54, 1.807) is 48.2 Å². The molecule has 3 aromatic heterocycles. The highest BCUT2D eigenvalue weighted by Gasteiger charge is 2.33. The smallest absolute Gasteiger partial charge is 0.273 e. The third-order valence-corrected chi connectivity index (χ3v) is 12.0. The second kappa shape index (κ2) is 14.8. The van der Waals surface area contributed by atoms with Gasteiger partial charge in [-0.3, -0.25) is 14.4 Å². The average molecular weight is 725 g/mol. The van der Waals surface area contributed by atoms with Crippen molar-refractivity contribution in [3.8, 4) is 11.1 Å². The summed E-state index contributed by atoms with van der Waals surface area (Å²) in [5.41, 5.74) is 6.73. The van der Waals surface area contributed by atoms with Crippen LogP contribution in [0.15, 0.2) is 111 Å². The fourth-order valence-electron chi connectivity index (χ4n) is 6.00. The lowest BCUT2D eigenvalue weighted by molar-refractivity contribution is -0.130. The number of thiophene rings is 2. The van der Waals surface area contributed by atoms with Gasteiger partial charge in [-0.25, -0.2) is 13.1 Å². The number of nitrogens with zero attached hydrogens (tertiary/aromatic N) is 1. The van der Waals surface area contributed by atoms with Crippen LogP contribution in [0.3, 0.4) is 0 Å². The summed E-state index contributed by atoms with van der Waals surface area (Å²) in [4.78, 5) is 46.7. The molecule has 0 bridgehead atoms. The van der Waals surface area contributed by atoms with Gasteiger partial charge in [-0.15, -0.1) is 11.3 Å². The van der Waals surface area contributed by atoms with E-state index in [1.165, 1.54) is 11.0 Å². The molecule has 3 amide bonds. The van der Waals surface area contributed by atoms with E-state index < -0.39 is 33.9 Å². The number of para-hydroxylation sites is 1. The number of nitrogens with one attached hydrogen (secondary N) is 3. The molecule has 0 spiro atoms. The van der Waals surface area contributed by atoms with Gasteiger partial charge in [0.05, 0.1) is 0 Å². The number of sulfonamides is 1. The van der Waals surface area contributed by atoms with E-state index in [-0.39, 0.29) is 23.0 Å². The van der Waals surface area contributed by atoms with E-state index in [2.05, 4.69) is 20.4 Å². The standard InChI is InChI=1S/C38H36N4O5S3/c1-24-17-25(2)19-29(18-24)38(45)42(3)34(20-26-10-12-27(13-11-26)28-14-16-48-23-28)37(44)40-33(21-30-22-39-32-8-5-4-7-31(30)32)36(43)41-50(46,47)35-9-6-15-49-35/h4-19,22-23,33-34,39H,20-21H2,1-3H3,(H,40,44)(H,41,43). The van der Waals surface area contributed by atoms with Crippen LogP contribution in [0.25, 0.3) is 22.0 Å². The van der Waals surface area contributed by atoms with Crippen LogP contribution in [-0.4, -0.2) is 55.2 Å². The van der Waals surface area contributed by atoms with Gasteiger partial charge in [-0.1, -0.05) is 65.7 Å². The minimum absolute atomic E-state index is 0.00165. The second-order valence-electron chi connectivity index (χ2n) is 12.2. The number of likely N-dealkylation sites (N-methyl/N-ethyl adjacent to an activating group) is 1. The summed E-state index contributed by atoms with van der Waals surface area (Å²) in [6, 6.07) is 23.5. The van der Waals surface area contributed by atoms with E-state index in [9.17, 15) is 22.8 Å². The summed E-state index contributed by atoms with van der Waals surface area (Å²) in [5, 5.41) is 9.33. The van der Waals surface area contributed by atoms with Gasteiger partial charge in [0.15, 0.2) is 0 Å². The Morgan fingerprint density at radius 3 is 2.26 bits per heavy atom. The van der Waals surface area contributed by atoms with Crippen molar-refractivity contribution in [2.24, 2.45) is 0 Å². The number of hydrogen-bond donors (Lipinski definition) is 3. The Kier molecular flexibility index (Phi) is 10.3. The molecule has 3 N–H and O–H groups in total. The number of rotatable bonds is 12. The molecular formula is C38H36N4O5S3. The lowest BCUT2D eigenvalue weighted by Gasteiger charge is -2.29. The van der Waals surface area contributed by atoms with E-state index in [0.29, 0.717) is 5.56 Å². The minimum Gasteiger partial charge on any atom is -0.361 e. The van der Waals surface area contributed by atoms with Gasteiger partial charge in [0.1, 0.15) is 16.3 Å². The number of fused-ring (bicyclic) bond motifs is 1. The molecule has 50 heavy (non-hydrogen) atoms. The molecule has 0 aliphatic heterocycles. The van der Waals surface area contributed by atoms with E-state index in [0.717, 1.165) is 55.6 Å². The Morgan fingerprint density at radius 2 is 1.58 bits per heavy atom. The van der Waals surface area contributed by atoms with E-state index in [4.69, 9.17) is 0 Å². The van der Waals surface area contributed by atoms with Gasteiger partial charge in [-0.2, -0.15) is 11.3 Å². The first-order valence-electron chi connectivity index (χ1n) is 15.9. The summed E-state index contributed by atoms with van der Waals surface area (Å²) >= 11 is 2.58. The van der Waals surface area contributed by atoms with Crippen LogP contribution in [0.5, 0.6) is 0 Å². The van der Waals surface area contributed by atoms with Crippen LogP contribution in [-0.2, 0) is 32.5 Å². The molecule has 3 heterocycles. The zero-order valence-electron chi connectivity index (χ0n) is 27.7. The van der Waals surface area contributed by atoms with Crippen molar-refractivity contribution in [2.75, 3.05) is 7.05 Å². The monoisotopic (exact) mass is 724 g/mol. The molecule has 256 valence electrons. The largest absolute Gasteiger partial charge is 0.361 e. The Hall–Kier alpha value is -5.04. The topological polar surface area (TPSA) is 128 Å². The quantitative estimate of drug-likeness (QED) is 0.133. The number of hydrogen-bond acceptors (Lipinski definition) is 7. The van der Waals surface area contributed by atoms with Crippen molar-refractivity contribution >= 4 is 61.3 Å².